The van der Waals surface area contributed by atoms with Gasteiger partial charge in [0.05, 0.1) is 10.5 Å². The van der Waals surface area contributed by atoms with Crippen molar-refractivity contribution in [1.29, 1.82) is 0 Å². The van der Waals surface area contributed by atoms with Gasteiger partial charge in [0.25, 0.3) is 5.69 Å². The molecule has 1 amide bonds. The molecule has 0 aromatic heterocycles. The van der Waals surface area contributed by atoms with Crippen molar-refractivity contribution in [2.75, 3.05) is 44.2 Å². The van der Waals surface area contributed by atoms with Crippen LogP contribution < -0.4 is 4.90 Å². The number of nitro benzene ring substituents is 1. The van der Waals surface area contributed by atoms with Crippen molar-refractivity contribution in [2.45, 2.75) is 25.6 Å². The highest BCUT2D eigenvalue weighted by molar-refractivity contribution is 5.79. The van der Waals surface area contributed by atoms with E-state index in [1.54, 1.807) is 24.3 Å². The SMILES string of the molecule is O=C(C1CCN(c2ccccc2[N+](=O)[O-])CC1)N1CCN(Cc2cccc(C(F)(F)F)c2)CC1. The van der Waals surface area contributed by atoms with Gasteiger partial charge in [0.15, 0.2) is 0 Å². The fourth-order valence-electron chi connectivity index (χ4n) is 4.74. The van der Waals surface area contributed by atoms with Crippen molar-refractivity contribution in [1.82, 2.24) is 9.80 Å². The molecule has 0 atom stereocenters. The Morgan fingerprint density at radius 1 is 0.971 bits per heavy atom. The number of carbonyl (C=O) groups excluding carboxylic acids is 1. The van der Waals surface area contributed by atoms with E-state index in [-0.39, 0.29) is 22.4 Å². The molecule has 7 nitrogen and oxygen atoms in total. The minimum absolute atomic E-state index is 0.0733. The maximum absolute atomic E-state index is 13.0. The summed E-state index contributed by atoms with van der Waals surface area (Å²) in [6.07, 6.45) is -3.09. The van der Waals surface area contributed by atoms with Crippen LogP contribution >= 0.6 is 0 Å². The number of alkyl halides is 3. The first-order chi connectivity index (χ1) is 16.2. The minimum Gasteiger partial charge on any atom is -0.366 e. The third-order valence-corrected chi connectivity index (χ3v) is 6.61. The number of piperidine rings is 1. The lowest BCUT2D eigenvalue weighted by atomic mass is 9.94. The summed E-state index contributed by atoms with van der Waals surface area (Å²) in [7, 11) is 0. The predicted molar refractivity (Wildman–Crippen MR) is 121 cm³/mol. The molecular weight excluding hydrogens is 449 g/mol. The number of amides is 1. The monoisotopic (exact) mass is 476 g/mol. The Morgan fingerprint density at radius 3 is 2.29 bits per heavy atom. The average Bonchev–Trinajstić information content (AvgIpc) is 2.84. The van der Waals surface area contributed by atoms with Crippen LogP contribution in [-0.4, -0.2) is 59.9 Å². The number of hydrogen-bond acceptors (Lipinski definition) is 5. The van der Waals surface area contributed by atoms with Crippen LogP contribution in [0.25, 0.3) is 0 Å². The Morgan fingerprint density at radius 2 is 1.65 bits per heavy atom. The second kappa shape index (κ2) is 10.0. The molecule has 0 radical (unpaired) electrons. The summed E-state index contributed by atoms with van der Waals surface area (Å²) in [4.78, 5) is 29.8. The molecule has 0 N–H and O–H groups in total. The molecule has 2 heterocycles. The normalized spacial score (nSPS) is 18.2. The zero-order valence-corrected chi connectivity index (χ0v) is 18.7. The summed E-state index contributed by atoms with van der Waals surface area (Å²) in [5.74, 6) is -0.0186. The highest BCUT2D eigenvalue weighted by Gasteiger charge is 2.33. The van der Waals surface area contributed by atoms with Gasteiger partial charge in [0.2, 0.25) is 5.91 Å². The van der Waals surface area contributed by atoms with Crippen LogP contribution in [0, 0.1) is 16.0 Å². The fourth-order valence-corrected chi connectivity index (χ4v) is 4.74. The largest absolute Gasteiger partial charge is 0.416 e. The fraction of sp³-hybridized carbons (Fsp3) is 0.458. The molecule has 2 saturated heterocycles. The molecule has 2 aromatic carbocycles. The van der Waals surface area contributed by atoms with Crippen LogP contribution in [0.2, 0.25) is 0 Å². The summed E-state index contributed by atoms with van der Waals surface area (Å²) in [6, 6.07) is 12.0. The van der Waals surface area contributed by atoms with E-state index in [0.29, 0.717) is 69.9 Å². The molecule has 0 unspecified atom stereocenters. The topological polar surface area (TPSA) is 69.9 Å². The molecule has 2 aromatic rings. The lowest BCUT2D eigenvalue weighted by Crippen LogP contribution is -2.51. The van der Waals surface area contributed by atoms with Crippen molar-refractivity contribution >= 4 is 17.3 Å². The Kier molecular flexibility index (Phi) is 7.06. The van der Waals surface area contributed by atoms with Crippen LogP contribution in [0.1, 0.15) is 24.0 Å². The molecule has 2 aliphatic heterocycles. The molecule has 0 bridgehead atoms. The van der Waals surface area contributed by atoms with Crippen LogP contribution in [0.5, 0.6) is 0 Å². The van der Waals surface area contributed by atoms with E-state index in [4.69, 9.17) is 0 Å². The number of para-hydroxylation sites is 2. The number of nitro groups is 1. The van der Waals surface area contributed by atoms with Crippen LogP contribution in [0.4, 0.5) is 24.5 Å². The second-order valence-corrected chi connectivity index (χ2v) is 8.81. The third-order valence-electron chi connectivity index (χ3n) is 6.61. The maximum Gasteiger partial charge on any atom is 0.416 e. The van der Waals surface area contributed by atoms with Gasteiger partial charge in [0.1, 0.15) is 5.69 Å². The van der Waals surface area contributed by atoms with Gasteiger partial charge >= 0.3 is 6.18 Å². The predicted octanol–water partition coefficient (Wildman–Crippen LogP) is 4.17. The van der Waals surface area contributed by atoms with Crippen LogP contribution in [0.3, 0.4) is 0 Å². The molecule has 4 rings (SSSR count). The number of anilines is 1. The van der Waals surface area contributed by atoms with E-state index < -0.39 is 11.7 Å². The van der Waals surface area contributed by atoms with E-state index in [9.17, 15) is 28.1 Å². The second-order valence-electron chi connectivity index (χ2n) is 8.81. The first-order valence-corrected chi connectivity index (χ1v) is 11.4. The molecule has 0 saturated carbocycles. The summed E-state index contributed by atoms with van der Waals surface area (Å²) in [5, 5.41) is 11.3. The summed E-state index contributed by atoms with van der Waals surface area (Å²) in [5.41, 5.74) is 0.619. The molecule has 2 fully saturated rings. The number of nitrogens with zero attached hydrogens (tertiary/aromatic N) is 4. The molecule has 182 valence electrons. The van der Waals surface area contributed by atoms with Crippen molar-refractivity contribution < 1.29 is 22.9 Å². The van der Waals surface area contributed by atoms with Crippen molar-refractivity contribution in [2.24, 2.45) is 5.92 Å². The Labute approximate surface area is 195 Å². The van der Waals surface area contributed by atoms with Gasteiger partial charge in [-0.1, -0.05) is 30.3 Å². The molecule has 2 aliphatic rings. The Bertz CT molecular complexity index is 1030. The van der Waals surface area contributed by atoms with E-state index >= 15 is 0 Å². The van der Waals surface area contributed by atoms with Gasteiger partial charge < -0.3 is 9.80 Å². The Balaban J connectivity index is 1.27. The number of carbonyl (C=O) groups is 1. The molecule has 10 heteroatoms. The van der Waals surface area contributed by atoms with Crippen molar-refractivity contribution in [3.05, 3.63) is 69.8 Å². The number of benzene rings is 2. The summed E-state index contributed by atoms with van der Waals surface area (Å²) >= 11 is 0. The molecular formula is C24H27F3N4O3. The van der Waals surface area contributed by atoms with Crippen LogP contribution in [0.15, 0.2) is 48.5 Å². The quantitative estimate of drug-likeness (QED) is 0.479. The van der Waals surface area contributed by atoms with Crippen LogP contribution in [-0.2, 0) is 17.5 Å². The van der Waals surface area contributed by atoms with Gasteiger partial charge in [-0.05, 0) is 30.5 Å². The van der Waals surface area contributed by atoms with Crippen molar-refractivity contribution in [3.8, 4) is 0 Å². The zero-order valence-electron chi connectivity index (χ0n) is 18.7. The van der Waals surface area contributed by atoms with Gasteiger partial charge in [0, 0.05) is 57.8 Å². The summed E-state index contributed by atoms with van der Waals surface area (Å²) < 4.78 is 38.8. The maximum atomic E-state index is 13.0. The van der Waals surface area contributed by atoms with Gasteiger partial charge in [-0.15, -0.1) is 0 Å². The number of halogens is 3. The zero-order chi connectivity index (χ0) is 24.3. The van der Waals surface area contributed by atoms with E-state index in [1.165, 1.54) is 18.2 Å². The van der Waals surface area contributed by atoms with Gasteiger partial charge in [-0.3, -0.25) is 19.8 Å². The van der Waals surface area contributed by atoms with E-state index in [1.807, 2.05) is 9.80 Å². The van der Waals surface area contributed by atoms with E-state index in [2.05, 4.69) is 4.90 Å². The van der Waals surface area contributed by atoms with Gasteiger partial charge in [-0.25, -0.2) is 0 Å². The smallest absolute Gasteiger partial charge is 0.366 e. The lowest BCUT2D eigenvalue weighted by molar-refractivity contribution is -0.384. The van der Waals surface area contributed by atoms with Gasteiger partial charge in [-0.2, -0.15) is 13.2 Å². The first-order valence-electron chi connectivity index (χ1n) is 11.4. The molecule has 0 aliphatic carbocycles. The number of hydrogen-bond donors (Lipinski definition) is 0. The van der Waals surface area contributed by atoms with E-state index in [0.717, 1.165) is 6.07 Å². The minimum atomic E-state index is -4.36. The molecule has 34 heavy (non-hydrogen) atoms. The van der Waals surface area contributed by atoms with Crippen molar-refractivity contribution in [3.63, 3.8) is 0 Å². The molecule has 0 spiro atoms. The average molecular weight is 476 g/mol. The number of piperazine rings is 1. The third kappa shape index (κ3) is 5.49. The Hall–Kier alpha value is -3.14. The number of rotatable bonds is 5. The highest BCUT2D eigenvalue weighted by Crippen LogP contribution is 2.32. The summed E-state index contributed by atoms with van der Waals surface area (Å²) in [6.45, 7) is 3.88. The first kappa shape index (κ1) is 24.0. The standard InChI is InChI=1S/C24H27F3N4O3/c25-24(26,27)20-5-3-4-18(16-20)17-28-12-14-30(15-13-28)23(32)19-8-10-29(11-9-19)21-6-1-2-7-22(21)31(33)34/h1-7,16,19H,8-15,17H2. The highest BCUT2D eigenvalue weighted by atomic mass is 19.4. The lowest BCUT2D eigenvalue weighted by Gasteiger charge is -2.39.